The Morgan fingerprint density at radius 1 is 0.974 bits per heavy atom. The summed E-state index contributed by atoms with van der Waals surface area (Å²) >= 11 is 9.59. The molecular formula is C28H31BrClN3O4S. The lowest BCUT2D eigenvalue weighted by Crippen LogP contribution is -2.52. The fraction of sp³-hybridized carbons (Fsp3) is 0.286. The molecule has 10 heteroatoms. The van der Waals surface area contributed by atoms with Crippen LogP contribution in [0.15, 0.2) is 88.2 Å². The molecule has 0 saturated carbocycles. The highest BCUT2D eigenvalue weighted by molar-refractivity contribution is 9.10. The smallest absolute Gasteiger partial charge is 0.264 e. The van der Waals surface area contributed by atoms with Crippen molar-refractivity contribution in [3.05, 3.63) is 93.9 Å². The van der Waals surface area contributed by atoms with Gasteiger partial charge in [-0.1, -0.05) is 70.9 Å². The van der Waals surface area contributed by atoms with E-state index in [0.29, 0.717) is 5.02 Å². The first-order chi connectivity index (χ1) is 18.0. The first kappa shape index (κ1) is 29.7. The quantitative estimate of drug-likeness (QED) is 0.301. The standard InChI is InChI=1S/C28H31BrClN3O4S/c1-4-20(2)31-28(35)21(3)32(18-22-13-15-23(29)16-14-22)27(34)19-33(25-10-8-9-24(30)17-25)38(36,37)26-11-6-5-7-12-26/h5-17,20-21H,4,18-19H2,1-3H3,(H,31,35)/t20-,21+/m1/s1. The lowest BCUT2D eigenvalue weighted by Gasteiger charge is -2.32. The van der Waals surface area contributed by atoms with E-state index in [0.717, 1.165) is 20.8 Å². The van der Waals surface area contributed by atoms with Crippen LogP contribution in [0.1, 0.15) is 32.8 Å². The maximum atomic E-state index is 13.9. The normalized spacial score (nSPS) is 12.9. The molecule has 0 spiro atoms. The molecule has 0 radical (unpaired) electrons. The maximum absolute atomic E-state index is 13.9. The van der Waals surface area contributed by atoms with E-state index in [1.54, 1.807) is 43.3 Å². The summed E-state index contributed by atoms with van der Waals surface area (Å²) in [5.41, 5.74) is 1.04. The van der Waals surface area contributed by atoms with Crippen molar-refractivity contribution in [2.24, 2.45) is 0 Å². The topological polar surface area (TPSA) is 86.8 Å². The van der Waals surface area contributed by atoms with E-state index in [2.05, 4.69) is 21.2 Å². The molecule has 2 atom stereocenters. The van der Waals surface area contributed by atoms with Gasteiger partial charge in [0.15, 0.2) is 0 Å². The van der Waals surface area contributed by atoms with Crippen molar-refractivity contribution in [2.75, 3.05) is 10.8 Å². The molecule has 0 heterocycles. The number of rotatable bonds is 11. The van der Waals surface area contributed by atoms with Gasteiger partial charge in [-0.2, -0.15) is 0 Å². The average molecular weight is 621 g/mol. The van der Waals surface area contributed by atoms with Gasteiger partial charge < -0.3 is 10.2 Å². The van der Waals surface area contributed by atoms with Crippen LogP contribution in [0.5, 0.6) is 0 Å². The minimum absolute atomic E-state index is 0.0368. The highest BCUT2D eigenvalue weighted by Gasteiger charge is 2.32. The van der Waals surface area contributed by atoms with Gasteiger partial charge in [-0.15, -0.1) is 0 Å². The van der Waals surface area contributed by atoms with Crippen LogP contribution in [0.3, 0.4) is 0 Å². The lowest BCUT2D eigenvalue weighted by atomic mass is 10.1. The van der Waals surface area contributed by atoms with Crippen molar-refractivity contribution in [1.29, 1.82) is 0 Å². The van der Waals surface area contributed by atoms with Gasteiger partial charge in [-0.05, 0) is 68.3 Å². The minimum Gasteiger partial charge on any atom is -0.352 e. The highest BCUT2D eigenvalue weighted by Crippen LogP contribution is 2.27. The summed E-state index contributed by atoms with van der Waals surface area (Å²) in [5.74, 6) is -0.843. The Balaban J connectivity index is 2.01. The third kappa shape index (κ3) is 7.58. The van der Waals surface area contributed by atoms with Crippen LogP contribution in [0.25, 0.3) is 0 Å². The van der Waals surface area contributed by atoms with Gasteiger partial charge in [0.2, 0.25) is 11.8 Å². The van der Waals surface area contributed by atoms with Crippen LogP contribution < -0.4 is 9.62 Å². The zero-order chi connectivity index (χ0) is 27.9. The van der Waals surface area contributed by atoms with Crippen LogP contribution >= 0.6 is 27.5 Å². The second kappa shape index (κ2) is 13.3. The van der Waals surface area contributed by atoms with E-state index < -0.39 is 28.5 Å². The first-order valence-corrected chi connectivity index (χ1v) is 14.8. The van der Waals surface area contributed by atoms with Crippen molar-refractivity contribution < 1.29 is 18.0 Å². The Morgan fingerprint density at radius 2 is 1.63 bits per heavy atom. The predicted molar refractivity (Wildman–Crippen MR) is 154 cm³/mol. The number of amides is 2. The van der Waals surface area contributed by atoms with Crippen LogP contribution in [-0.4, -0.2) is 43.8 Å². The molecule has 202 valence electrons. The summed E-state index contributed by atoms with van der Waals surface area (Å²) in [7, 11) is -4.13. The van der Waals surface area contributed by atoms with Crippen LogP contribution in [-0.2, 0) is 26.2 Å². The Bertz CT molecular complexity index is 1350. The highest BCUT2D eigenvalue weighted by atomic mass is 79.9. The predicted octanol–water partition coefficient (Wildman–Crippen LogP) is 5.63. The minimum atomic E-state index is -4.13. The Morgan fingerprint density at radius 3 is 2.24 bits per heavy atom. The summed E-state index contributed by atoms with van der Waals surface area (Å²) in [5, 5.41) is 3.25. The molecule has 0 unspecified atom stereocenters. The number of hydrogen-bond acceptors (Lipinski definition) is 4. The number of hydrogen-bond donors (Lipinski definition) is 1. The monoisotopic (exact) mass is 619 g/mol. The van der Waals surface area contributed by atoms with Crippen molar-refractivity contribution in [2.45, 2.75) is 50.7 Å². The molecule has 2 amide bonds. The van der Waals surface area contributed by atoms with E-state index >= 15 is 0 Å². The number of nitrogens with one attached hydrogen (secondary N) is 1. The lowest BCUT2D eigenvalue weighted by molar-refractivity contribution is -0.139. The summed E-state index contributed by atoms with van der Waals surface area (Å²) in [6, 6.07) is 20.7. The summed E-state index contributed by atoms with van der Waals surface area (Å²) in [4.78, 5) is 28.4. The number of nitrogens with zero attached hydrogens (tertiary/aromatic N) is 2. The van der Waals surface area contributed by atoms with Gasteiger partial charge in [0.1, 0.15) is 12.6 Å². The zero-order valence-corrected chi connectivity index (χ0v) is 24.6. The Kier molecular flexibility index (Phi) is 10.4. The SMILES string of the molecule is CC[C@@H](C)NC(=O)[C@H](C)N(Cc1ccc(Br)cc1)C(=O)CN(c1cccc(Cl)c1)S(=O)(=O)c1ccccc1. The molecule has 38 heavy (non-hydrogen) atoms. The zero-order valence-electron chi connectivity index (χ0n) is 21.5. The molecule has 0 aliphatic rings. The summed E-state index contributed by atoms with van der Waals surface area (Å²) < 4.78 is 29.3. The van der Waals surface area contributed by atoms with E-state index in [9.17, 15) is 18.0 Å². The van der Waals surface area contributed by atoms with Crippen LogP contribution in [0.2, 0.25) is 5.02 Å². The van der Waals surface area contributed by atoms with E-state index in [-0.39, 0.29) is 29.1 Å². The van der Waals surface area contributed by atoms with Crippen molar-refractivity contribution in [3.8, 4) is 0 Å². The number of sulfonamides is 1. The van der Waals surface area contributed by atoms with E-state index in [1.165, 1.54) is 23.1 Å². The van der Waals surface area contributed by atoms with Gasteiger partial charge in [0.05, 0.1) is 10.6 Å². The van der Waals surface area contributed by atoms with E-state index in [1.807, 2.05) is 38.1 Å². The fourth-order valence-electron chi connectivity index (χ4n) is 3.71. The largest absolute Gasteiger partial charge is 0.352 e. The molecule has 7 nitrogen and oxygen atoms in total. The molecule has 0 bridgehead atoms. The van der Waals surface area contributed by atoms with Gasteiger partial charge in [0, 0.05) is 22.1 Å². The molecule has 0 saturated heterocycles. The average Bonchev–Trinajstić information content (AvgIpc) is 2.91. The summed E-state index contributed by atoms with van der Waals surface area (Å²) in [6.07, 6.45) is 0.733. The molecule has 0 fully saturated rings. The van der Waals surface area contributed by atoms with Crippen molar-refractivity contribution in [3.63, 3.8) is 0 Å². The Labute approximate surface area is 238 Å². The molecule has 3 rings (SSSR count). The second-order valence-electron chi connectivity index (χ2n) is 8.95. The molecule has 0 aliphatic heterocycles. The van der Waals surface area contributed by atoms with Crippen LogP contribution in [0.4, 0.5) is 5.69 Å². The van der Waals surface area contributed by atoms with Crippen molar-refractivity contribution in [1.82, 2.24) is 10.2 Å². The molecule has 3 aromatic rings. The summed E-state index contributed by atoms with van der Waals surface area (Å²) in [6.45, 7) is 5.09. The third-order valence-electron chi connectivity index (χ3n) is 6.14. The number of anilines is 1. The molecule has 0 aromatic heterocycles. The molecule has 1 N–H and O–H groups in total. The number of carbonyl (C=O) groups is 2. The van der Waals surface area contributed by atoms with Gasteiger partial charge in [-0.3, -0.25) is 13.9 Å². The number of carbonyl (C=O) groups excluding carboxylic acids is 2. The molecule has 3 aromatic carbocycles. The van der Waals surface area contributed by atoms with E-state index in [4.69, 9.17) is 11.6 Å². The van der Waals surface area contributed by atoms with Crippen LogP contribution in [0, 0.1) is 0 Å². The van der Waals surface area contributed by atoms with Gasteiger partial charge in [-0.25, -0.2) is 8.42 Å². The third-order valence-corrected chi connectivity index (χ3v) is 8.69. The van der Waals surface area contributed by atoms with Crippen molar-refractivity contribution >= 4 is 55.1 Å². The number of halogens is 2. The maximum Gasteiger partial charge on any atom is 0.264 e. The first-order valence-electron chi connectivity index (χ1n) is 12.2. The number of benzene rings is 3. The second-order valence-corrected chi connectivity index (χ2v) is 12.2. The molecule has 0 aliphatic carbocycles. The van der Waals surface area contributed by atoms with Gasteiger partial charge >= 0.3 is 0 Å². The fourth-order valence-corrected chi connectivity index (χ4v) is 5.59. The van der Waals surface area contributed by atoms with Gasteiger partial charge in [0.25, 0.3) is 10.0 Å². The molecular weight excluding hydrogens is 590 g/mol. The Hall–Kier alpha value is -2.88.